The highest BCUT2D eigenvalue weighted by Crippen LogP contribution is 2.46. The SMILES string of the molecule is COc1ccc(-c2c(C)c(C)[nH]c(=O)c2C#N)c(OCc2ccccc2)c1OC. The van der Waals surface area contributed by atoms with E-state index >= 15 is 0 Å². The van der Waals surface area contributed by atoms with Crippen LogP contribution in [0.25, 0.3) is 11.1 Å². The molecule has 0 fully saturated rings. The molecule has 0 bridgehead atoms. The molecule has 0 unspecified atom stereocenters. The lowest BCUT2D eigenvalue weighted by Crippen LogP contribution is -2.15. The molecule has 6 nitrogen and oxygen atoms in total. The minimum absolute atomic E-state index is 0.0323. The van der Waals surface area contributed by atoms with Crippen molar-refractivity contribution >= 4 is 0 Å². The van der Waals surface area contributed by atoms with Crippen LogP contribution < -0.4 is 19.8 Å². The minimum Gasteiger partial charge on any atom is -0.493 e. The van der Waals surface area contributed by atoms with Gasteiger partial charge in [0.15, 0.2) is 11.5 Å². The number of aromatic amines is 1. The molecule has 1 heterocycles. The van der Waals surface area contributed by atoms with Gasteiger partial charge in [0.05, 0.1) is 14.2 Å². The van der Waals surface area contributed by atoms with Gasteiger partial charge >= 0.3 is 0 Å². The van der Waals surface area contributed by atoms with Crippen molar-refractivity contribution in [1.82, 2.24) is 4.98 Å². The summed E-state index contributed by atoms with van der Waals surface area (Å²) in [6.45, 7) is 3.95. The number of aryl methyl sites for hydroxylation is 1. The highest BCUT2D eigenvalue weighted by Gasteiger charge is 2.23. The van der Waals surface area contributed by atoms with Gasteiger partial charge in [-0.2, -0.15) is 5.26 Å². The Balaban J connectivity index is 2.25. The van der Waals surface area contributed by atoms with Crippen LogP contribution >= 0.6 is 0 Å². The Kier molecular flexibility index (Phi) is 5.89. The zero-order chi connectivity index (χ0) is 21.0. The Morgan fingerprint density at radius 3 is 2.34 bits per heavy atom. The summed E-state index contributed by atoms with van der Waals surface area (Å²) in [6, 6.07) is 15.2. The second kappa shape index (κ2) is 8.53. The first-order chi connectivity index (χ1) is 14.0. The van der Waals surface area contributed by atoms with Crippen molar-refractivity contribution in [3.05, 3.63) is 75.2 Å². The van der Waals surface area contributed by atoms with Crippen molar-refractivity contribution in [1.29, 1.82) is 5.26 Å². The van der Waals surface area contributed by atoms with Crippen molar-refractivity contribution in [2.24, 2.45) is 0 Å². The maximum atomic E-state index is 12.4. The number of H-pyrrole nitrogens is 1. The van der Waals surface area contributed by atoms with Gasteiger partial charge in [-0.05, 0) is 37.1 Å². The molecule has 0 aliphatic rings. The maximum absolute atomic E-state index is 12.4. The third kappa shape index (κ3) is 3.81. The molecule has 1 N–H and O–H groups in total. The molecular weight excluding hydrogens is 368 g/mol. The van der Waals surface area contributed by atoms with Gasteiger partial charge in [0.25, 0.3) is 5.56 Å². The topological polar surface area (TPSA) is 84.3 Å². The van der Waals surface area contributed by atoms with Gasteiger partial charge in [-0.15, -0.1) is 0 Å². The van der Waals surface area contributed by atoms with Crippen molar-refractivity contribution in [3.8, 4) is 34.4 Å². The van der Waals surface area contributed by atoms with E-state index in [0.29, 0.717) is 40.7 Å². The van der Waals surface area contributed by atoms with E-state index in [4.69, 9.17) is 14.2 Å². The summed E-state index contributed by atoms with van der Waals surface area (Å²) < 4.78 is 17.1. The largest absolute Gasteiger partial charge is 0.493 e. The van der Waals surface area contributed by atoms with Crippen molar-refractivity contribution in [2.75, 3.05) is 14.2 Å². The summed E-state index contributed by atoms with van der Waals surface area (Å²) in [5.41, 5.74) is 3.17. The second-order valence-electron chi connectivity index (χ2n) is 6.52. The zero-order valence-corrected chi connectivity index (χ0v) is 16.8. The van der Waals surface area contributed by atoms with Crippen LogP contribution in [0, 0.1) is 25.2 Å². The van der Waals surface area contributed by atoms with Crippen molar-refractivity contribution in [2.45, 2.75) is 20.5 Å². The summed E-state index contributed by atoms with van der Waals surface area (Å²) in [6.07, 6.45) is 0. The molecule has 29 heavy (non-hydrogen) atoms. The molecule has 3 aromatic rings. The summed E-state index contributed by atoms with van der Waals surface area (Å²) in [4.78, 5) is 15.1. The summed E-state index contributed by atoms with van der Waals surface area (Å²) in [5.74, 6) is 1.32. The molecule has 2 aromatic carbocycles. The van der Waals surface area contributed by atoms with Gasteiger partial charge in [0, 0.05) is 16.8 Å². The lowest BCUT2D eigenvalue weighted by Gasteiger charge is -2.20. The number of hydrogen-bond acceptors (Lipinski definition) is 5. The standard InChI is InChI=1S/C23H22N2O4/c1-14-15(2)25-23(26)18(12-24)20(14)17-10-11-19(27-3)22(28-4)21(17)29-13-16-8-6-5-7-9-16/h5-11H,13H2,1-4H3,(H,25,26). The van der Waals surface area contributed by atoms with E-state index < -0.39 is 5.56 Å². The monoisotopic (exact) mass is 390 g/mol. The Morgan fingerprint density at radius 2 is 1.72 bits per heavy atom. The second-order valence-corrected chi connectivity index (χ2v) is 6.52. The average molecular weight is 390 g/mol. The number of hydrogen-bond donors (Lipinski definition) is 1. The van der Waals surface area contributed by atoms with E-state index in [9.17, 15) is 10.1 Å². The molecule has 0 aliphatic heterocycles. The van der Waals surface area contributed by atoms with Crippen LogP contribution in [-0.2, 0) is 6.61 Å². The fourth-order valence-electron chi connectivity index (χ4n) is 3.23. The lowest BCUT2D eigenvalue weighted by atomic mass is 9.94. The number of nitriles is 1. The first kappa shape index (κ1) is 20.0. The Labute approximate surface area is 169 Å². The average Bonchev–Trinajstić information content (AvgIpc) is 2.74. The van der Waals surface area contributed by atoms with Crippen LogP contribution in [0.5, 0.6) is 17.2 Å². The number of pyridine rings is 1. The molecule has 148 valence electrons. The van der Waals surface area contributed by atoms with Crippen molar-refractivity contribution < 1.29 is 14.2 Å². The number of nitrogens with zero attached hydrogens (tertiary/aromatic N) is 1. The van der Waals surface area contributed by atoms with Crippen LogP contribution in [0.2, 0.25) is 0 Å². The van der Waals surface area contributed by atoms with Crippen molar-refractivity contribution in [3.63, 3.8) is 0 Å². The number of nitrogens with one attached hydrogen (secondary N) is 1. The molecule has 0 amide bonds. The third-order valence-corrected chi connectivity index (χ3v) is 4.82. The third-order valence-electron chi connectivity index (χ3n) is 4.82. The van der Waals surface area contributed by atoms with Gasteiger partial charge in [0.2, 0.25) is 5.75 Å². The molecule has 0 saturated heterocycles. The molecular formula is C23H22N2O4. The quantitative estimate of drug-likeness (QED) is 0.684. The van der Waals surface area contributed by atoms with E-state index in [0.717, 1.165) is 11.1 Å². The Morgan fingerprint density at radius 1 is 1.00 bits per heavy atom. The number of aromatic nitrogens is 1. The minimum atomic E-state index is -0.436. The van der Waals surface area contributed by atoms with Crippen LogP contribution in [-0.4, -0.2) is 19.2 Å². The highest BCUT2D eigenvalue weighted by molar-refractivity contribution is 5.82. The smallest absolute Gasteiger partial charge is 0.266 e. The summed E-state index contributed by atoms with van der Waals surface area (Å²) >= 11 is 0. The molecule has 1 aromatic heterocycles. The maximum Gasteiger partial charge on any atom is 0.266 e. The van der Waals surface area contributed by atoms with Crippen LogP contribution in [0.15, 0.2) is 47.3 Å². The molecule has 0 atom stereocenters. The van der Waals surface area contributed by atoms with Crippen LogP contribution in [0.4, 0.5) is 0 Å². The number of methoxy groups -OCH3 is 2. The highest BCUT2D eigenvalue weighted by atomic mass is 16.5. The van der Waals surface area contributed by atoms with Crippen LogP contribution in [0.1, 0.15) is 22.4 Å². The fraction of sp³-hybridized carbons (Fsp3) is 0.217. The number of ether oxygens (including phenoxy) is 3. The predicted molar refractivity (Wildman–Crippen MR) is 111 cm³/mol. The van der Waals surface area contributed by atoms with Crippen LogP contribution in [0.3, 0.4) is 0 Å². The van der Waals surface area contributed by atoms with E-state index in [-0.39, 0.29) is 5.56 Å². The van der Waals surface area contributed by atoms with Gasteiger partial charge in [-0.3, -0.25) is 4.79 Å². The normalized spacial score (nSPS) is 10.3. The molecule has 0 saturated carbocycles. The van der Waals surface area contributed by atoms with E-state index in [1.807, 2.05) is 43.3 Å². The van der Waals surface area contributed by atoms with E-state index in [1.165, 1.54) is 7.11 Å². The van der Waals surface area contributed by atoms with E-state index in [1.54, 1.807) is 26.2 Å². The first-order valence-corrected chi connectivity index (χ1v) is 9.07. The summed E-state index contributed by atoms with van der Waals surface area (Å²) in [7, 11) is 3.07. The molecule has 0 aliphatic carbocycles. The van der Waals surface area contributed by atoms with Gasteiger partial charge < -0.3 is 19.2 Å². The van der Waals surface area contributed by atoms with E-state index in [2.05, 4.69) is 4.98 Å². The number of benzene rings is 2. The lowest BCUT2D eigenvalue weighted by molar-refractivity contribution is 0.276. The Hall–Kier alpha value is -3.72. The van der Waals surface area contributed by atoms with Gasteiger partial charge in [-0.1, -0.05) is 30.3 Å². The van der Waals surface area contributed by atoms with Gasteiger partial charge in [0.1, 0.15) is 18.2 Å². The van der Waals surface area contributed by atoms with Gasteiger partial charge in [-0.25, -0.2) is 0 Å². The Bertz CT molecular complexity index is 1130. The molecule has 6 heteroatoms. The summed E-state index contributed by atoms with van der Waals surface area (Å²) in [5, 5.41) is 9.64. The molecule has 0 spiro atoms. The fourth-order valence-corrected chi connectivity index (χ4v) is 3.23. The zero-order valence-electron chi connectivity index (χ0n) is 16.8. The molecule has 0 radical (unpaired) electrons. The molecule has 3 rings (SSSR count). The first-order valence-electron chi connectivity index (χ1n) is 9.07. The number of rotatable bonds is 6. The predicted octanol–water partition coefficient (Wildman–Crippen LogP) is 4.13.